The van der Waals surface area contributed by atoms with Gasteiger partial charge < -0.3 is 5.11 Å². The Morgan fingerprint density at radius 1 is 1.16 bits per heavy atom. The van der Waals surface area contributed by atoms with E-state index < -0.39 is 0 Å². The molecule has 0 aliphatic heterocycles. The Balaban J connectivity index is 2.45. The Morgan fingerprint density at radius 2 is 1.89 bits per heavy atom. The number of hydrogen-bond acceptors (Lipinski definition) is 3. The van der Waals surface area contributed by atoms with Crippen LogP contribution in [0.2, 0.25) is 0 Å². The highest BCUT2D eigenvalue weighted by Gasteiger charge is 2.20. The maximum absolute atomic E-state index is 12.3. The van der Waals surface area contributed by atoms with E-state index in [1.165, 1.54) is 0 Å². The van der Waals surface area contributed by atoms with Crippen LogP contribution in [0.4, 0.5) is 0 Å². The number of carbonyl (C=O) groups excluding carboxylic acids is 1. The molecule has 0 radical (unpaired) electrons. The molecule has 2 aromatic rings. The Bertz CT molecular complexity index is 598. The summed E-state index contributed by atoms with van der Waals surface area (Å²) in [5.74, 6) is 0.0798. The molecule has 1 heterocycles. The van der Waals surface area contributed by atoms with E-state index in [2.05, 4.69) is 4.98 Å². The molecule has 1 N–H and O–H groups in total. The second-order valence-electron chi connectivity index (χ2n) is 5.53. The minimum absolute atomic E-state index is 0.133. The lowest BCUT2D eigenvalue weighted by Gasteiger charge is -2.21. The first-order valence-electron chi connectivity index (χ1n) is 6.19. The molecule has 1 aromatic carbocycles. The van der Waals surface area contributed by atoms with Crippen LogP contribution in [0.15, 0.2) is 42.6 Å². The first-order valence-corrected chi connectivity index (χ1v) is 6.19. The highest BCUT2D eigenvalue weighted by molar-refractivity contribution is 6.07. The molecule has 0 amide bonds. The van der Waals surface area contributed by atoms with Crippen LogP contribution in [0.5, 0.6) is 5.75 Å². The standard InChI is InChI=1S/C16H17NO2/c1-16(2,3)12-10-11(7-8-14(12)18)15(19)13-6-4-5-9-17-13/h4-10,18H,1-3H3. The predicted molar refractivity (Wildman–Crippen MR) is 74.5 cm³/mol. The zero-order valence-electron chi connectivity index (χ0n) is 11.3. The van der Waals surface area contributed by atoms with Gasteiger partial charge in [0.1, 0.15) is 11.4 Å². The maximum atomic E-state index is 12.3. The van der Waals surface area contributed by atoms with Crippen molar-refractivity contribution in [1.82, 2.24) is 4.98 Å². The Hall–Kier alpha value is -2.16. The number of rotatable bonds is 2. The number of carbonyl (C=O) groups is 1. The van der Waals surface area contributed by atoms with Crippen molar-refractivity contribution < 1.29 is 9.90 Å². The highest BCUT2D eigenvalue weighted by atomic mass is 16.3. The summed E-state index contributed by atoms with van der Waals surface area (Å²) < 4.78 is 0. The van der Waals surface area contributed by atoms with E-state index in [9.17, 15) is 9.90 Å². The van der Waals surface area contributed by atoms with Crippen molar-refractivity contribution in [2.45, 2.75) is 26.2 Å². The minimum atomic E-state index is -0.218. The molecule has 3 nitrogen and oxygen atoms in total. The lowest BCUT2D eigenvalue weighted by molar-refractivity contribution is 0.103. The third kappa shape index (κ3) is 2.81. The zero-order chi connectivity index (χ0) is 14.0. The zero-order valence-corrected chi connectivity index (χ0v) is 11.3. The van der Waals surface area contributed by atoms with Gasteiger partial charge in [-0.1, -0.05) is 26.8 Å². The fourth-order valence-electron chi connectivity index (χ4n) is 1.92. The van der Waals surface area contributed by atoms with Gasteiger partial charge >= 0.3 is 0 Å². The number of phenols is 1. The topological polar surface area (TPSA) is 50.2 Å². The molecule has 0 saturated carbocycles. The molecule has 0 spiro atoms. The number of pyridine rings is 1. The van der Waals surface area contributed by atoms with E-state index in [1.54, 1.807) is 42.6 Å². The van der Waals surface area contributed by atoms with Crippen molar-refractivity contribution in [1.29, 1.82) is 0 Å². The van der Waals surface area contributed by atoms with Gasteiger partial charge in [-0.15, -0.1) is 0 Å². The van der Waals surface area contributed by atoms with Crippen LogP contribution in [-0.2, 0) is 5.41 Å². The molecule has 2 rings (SSSR count). The third-order valence-electron chi connectivity index (χ3n) is 2.96. The second kappa shape index (κ2) is 4.84. The molecule has 98 valence electrons. The molecule has 0 atom stereocenters. The van der Waals surface area contributed by atoms with Crippen LogP contribution in [0.25, 0.3) is 0 Å². The van der Waals surface area contributed by atoms with Crippen LogP contribution in [0.3, 0.4) is 0 Å². The Labute approximate surface area is 112 Å². The summed E-state index contributed by atoms with van der Waals surface area (Å²) in [6.07, 6.45) is 1.60. The van der Waals surface area contributed by atoms with Crippen molar-refractivity contribution in [3.8, 4) is 5.75 Å². The second-order valence-corrected chi connectivity index (χ2v) is 5.53. The van der Waals surface area contributed by atoms with Gasteiger partial charge in [0.05, 0.1) is 0 Å². The van der Waals surface area contributed by atoms with Crippen LogP contribution in [-0.4, -0.2) is 15.9 Å². The molecule has 3 heteroatoms. The van der Waals surface area contributed by atoms with Gasteiger partial charge in [-0.05, 0) is 41.3 Å². The molecule has 1 aromatic heterocycles. The molecular formula is C16H17NO2. The largest absolute Gasteiger partial charge is 0.508 e. The van der Waals surface area contributed by atoms with Gasteiger partial charge in [-0.2, -0.15) is 0 Å². The number of phenolic OH excluding ortho intramolecular Hbond substituents is 1. The van der Waals surface area contributed by atoms with Crippen molar-refractivity contribution in [3.05, 3.63) is 59.4 Å². The van der Waals surface area contributed by atoms with E-state index in [1.807, 2.05) is 20.8 Å². The summed E-state index contributed by atoms with van der Waals surface area (Å²) in [7, 11) is 0. The number of nitrogens with zero attached hydrogens (tertiary/aromatic N) is 1. The summed E-state index contributed by atoms with van der Waals surface area (Å²) in [4.78, 5) is 16.3. The van der Waals surface area contributed by atoms with Gasteiger partial charge in [0, 0.05) is 11.8 Å². The van der Waals surface area contributed by atoms with Gasteiger partial charge in [0.15, 0.2) is 0 Å². The van der Waals surface area contributed by atoms with Crippen molar-refractivity contribution in [3.63, 3.8) is 0 Å². The smallest absolute Gasteiger partial charge is 0.211 e. The lowest BCUT2D eigenvalue weighted by Crippen LogP contribution is -2.13. The summed E-state index contributed by atoms with van der Waals surface area (Å²) in [5.41, 5.74) is 1.49. The van der Waals surface area contributed by atoms with Gasteiger partial charge in [-0.25, -0.2) is 0 Å². The monoisotopic (exact) mass is 255 g/mol. The Morgan fingerprint density at radius 3 is 2.47 bits per heavy atom. The molecule has 0 fully saturated rings. The molecule has 0 saturated heterocycles. The van der Waals surface area contributed by atoms with E-state index in [0.717, 1.165) is 5.56 Å². The maximum Gasteiger partial charge on any atom is 0.211 e. The molecule has 19 heavy (non-hydrogen) atoms. The summed E-state index contributed by atoms with van der Waals surface area (Å²) in [5, 5.41) is 9.90. The first kappa shape index (κ1) is 13.3. The highest BCUT2D eigenvalue weighted by Crippen LogP contribution is 2.31. The van der Waals surface area contributed by atoms with E-state index in [0.29, 0.717) is 11.3 Å². The number of hydrogen-bond donors (Lipinski definition) is 1. The van der Waals surface area contributed by atoms with Crippen LogP contribution in [0.1, 0.15) is 42.4 Å². The molecular weight excluding hydrogens is 238 g/mol. The quantitative estimate of drug-likeness (QED) is 0.837. The average Bonchev–Trinajstić information content (AvgIpc) is 2.38. The van der Waals surface area contributed by atoms with E-state index in [-0.39, 0.29) is 16.9 Å². The van der Waals surface area contributed by atoms with Crippen LogP contribution in [0, 0.1) is 0 Å². The average molecular weight is 255 g/mol. The summed E-state index contributed by atoms with van der Waals surface area (Å²) in [6.45, 7) is 5.99. The van der Waals surface area contributed by atoms with Crippen LogP contribution >= 0.6 is 0 Å². The van der Waals surface area contributed by atoms with Gasteiger partial charge in [0.2, 0.25) is 5.78 Å². The molecule has 0 unspecified atom stereocenters. The lowest BCUT2D eigenvalue weighted by atomic mass is 9.85. The van der Waals surface area contributed by atoms with Crippen molar-refractivity contribution >= 4 is 5.78 Å². The van der Waals surface area contributed by atoms with Crippen molar-refractivity contribution in [2.24, 2.45) is 0 Å². The third-order valence-corrected chi connectivity index (χ3v) is 2.96. The fourth-order valence-corrected chi connectivity index (χ4v) is 1.92. The van der Waals surface area contributed by atoms with Crippen LogP contribution < -0.4 is 0 Å². The van der Waals surface area contributed by atoms with Crippen molar-refractivity contribution in [2.75, 3.05) is 0 Å². The van der Waals surface area contributed by atoms with Gasteiger partial charge in [-0.3, -0.25) is 9.78 Å². The predicted octanol–water partition coefficient (Wildman–Crippen LogP) is 3.32. The molecule has 0 bridgehead atoms. The Kier molecular flexibility index (Phi) is 3.38. The minimum Gasteiger partial charge on any atom is -0.508 e. The number of benzene rings is 1. The first-order chi connectivity index (χ1) is 8.89. The van der Waals surface area contributed by atoms with Gasteiger partial charge in [0.25, 0.3) is 0 Å². The number of aromatic nitrogens is 1. The SMILES string of the molecule is CC(C)(C)c1cc(C(=O)c2ccccn2)ccc1O. The summed E-state index contributed by atoms with van der Waals surface area (Å²) in [6, 6.07) is 10.2. The van der Waals surface area contributed by atoms with E-state index >= 15 is 0 Å². The summed E-state index contributed by atoms with van der Waals surface area (Å²) >= 11 is 0. The molecule has 0 aliphatic carbocycles. The fraction of sp³-hybridized carbons (Fsp3) is 0.250. The van der Waals surface area contributed by atoms with E-state index in [4.69, 9.17) is 0 Å². The normalized spacial score (nSPS) is 11.3. The number of ketones is 1. The molecule has 0 aliphatic rings. The number of aromatic hydroxyl groups is 1.